The Bertz CT molecular complexity index is 1040. The lowest BCUT2D eigenvalue weighted by molar-refractivity contribution is 0.475. The van der Waals surface area contributed by atoms with Crippen LogP contribution >= 0.6 is 0 Å². The number of fused-ring (bicyclic) bond motifs is 1. The second kappa shape index (κ2) is 6.03. The molecule has 9 heteroatoms. The van der Waals surface area contributed by atoms with Crippen molar-refractivity contribution in [3.8, 4) is 5.75 Å². The first-order valence-electron chi connectivity index (χ1n) is 7.29. The van der Waals surface area contributed by atoms with Crippen LogP contribution in [0.5, 0.6) is 5.75 Å². The molecule has 124 valence electrons. The highest BCUT2D eigenvalue weighted by Crippen LogP contribution is 2.15. The van der Waals surface area contributed by atoms with Crippen molar-refractivity contribution in [3.05, 3.63) is 50.7 Å². The predicted octanol–water partition coefficient (Wildman–Crippen LogP) is 0.595. The molecule has 9 nitrogen and oxygen atoms in total. The third-order valence-electron chi connectivity index (χ3n) is 3.57. The average Bonchev–Trinajstić information content (AvgIpc) is 2.92. The number of nitrogens with zero attached hydrogens (tertiary/aromatic N) is 4. The van der Waals surface area contributed by atoms with Gasteiger partial charge in [-0.2, -0.15) is 10.1 Å². The zero-order valence-electron chi connectivity index (χ0n) is 13.1. The molecule has 1 aromatic carbocycles. The number of hydrazone groups is 1. The average molecular weight is 328 g/mol. The summed E-state index contributed by atoms with van der Waals surface area (Å²) in [5.41, 5.74) is 3.03. The Kier molecular flexibility index (Phi) is 3.90. The summed E-state index contributed by atoms with van der Waals surface area (Å²) in [4.78, 5) is 30.3. The summed E-state index contributed by atoms with van der Waals surface area (Å²) in [6.45, 7) is 2.33. The maximum atomic E-state index is 12.1. The van der Waals surface area contributed by atoms with Crippen LogP contribution in [0.4, 0.5) is 5.95 Å². The Hall–Kier alpha value is -3.36. The van der Waals surface area contributed by atoms with Crippen LogP contribution in [0.3, 0.4) is 0 Å². The van der Waals surface area contributed by atoms with E-state index in [0.717, 1.165) is 0 Å². The molecule has 0 amide bonds. The number of nitrogens with one attached hydrogen (secondary N) is 2. The number of phenols is 1. The van der Waals surface area contributed by atoms with Gasteiger partial charge in [-0.15, -0.1) is 0 Å². The SMILES string of the molecule is CCn1c(N/N=C/c2cccc(O)c2)nc2c1c(=O)[nH]c(=O)n2C. The minimum atomic E-state index is -0.525. The molecule has 3 rings (SSSR count). The van der Waals surface area contributed by atoms with Crippen LogP contribution in [-0.4, -0.2) is 30.4 Å². The first-order valence-corrected chi connectivity index (χ1v) is 7.29. The molecule has 0 atom stereocenters. The monoisotopic (exact) mass is 328 g/mol. The van der Waals surface area contributed by atoms with Gasteiger partial charge in [-0.1, -0.05) is 12.1 Å². The van der Waals surface area contributed by atoms with Gasteiger partial charge in [0.2, 0.25) is 5.95 Å². The van der Waals surface area contributed by atoms with E-state index in [1.165, 1.54) is 17.8 Å². The van der Waals surface area contributed by atoms with Crippen molar-refractivity contribution in [2.75, 3.05) is 5.43 Å². The van der Waals surface area contributed by atoms with E-state index >= 15 is 0 Å². The second-order valence-corrected chi connectivity index (χ2v) is 5.14. The van der Waals surface area contributed by atoms with E-state index in [9.17, 15) is 14.7 Å². The topological polar surface area (TPSA) is 117 Å². The first kappa shape index (κ1) is 15.5. The van der Waals surface area contributed by atoms with Crippen molar-refractivity contribution in [2.24, 2.45) is 12.1 Å². The Labute approximate surface area is 135 Å². The lowest BCUT2D eigenvalue weighted by Crippen LogP contribution is -2.29. The van der Waals surface area contributed by atoms with Crippen molar-refractivity contribution >= 4 is 23.3 Å². The van der Waals surface area contributed by atoms with E-state index in [4.69, 9.17) is 0 Å². The fourth-order valence-electron chi connectivity index (χ4n) is 2.40. The van der Waals surface area contributed by atoms with Gasteiger partial charge in [-0.25, -0.2) is 10.2 Å². The minimum absolute atomic E-state index is 0.140. The Morgan fingerprint density at radius 3 is 2.92 bits per heavy atom. The number of aromatic amines is 1. The van der Waals surface area contributed by atoms with Gasteiger partial charge >= 0.3 is 5.69 Å². The number of hydrogen-bond acceptors (Lipinski definition) is 6. The van der Waals surface area contributed by atoms with Crippen molar-refractivity contribution in [1.82, 2.24) is 19.1 Å². The number of phenolic OH excluding ortho intramolecular Hbond substituents is 1. The molecule has 24 heavy (non-hydrogen) atoms. The molecule has 0 unspecified atom stereocenters. The van der Waals surface area contributed by atoms with Gasteiger partial charge in [0.15, 0.2) is 11.2 Å². The number of aromatic hydroxyl groups is 1. The van der Waals surface area contributed by atoms with Crippen LogP contribution in [0.15, 0.2) is 39.0 Å². The van der Waals surface area contributed by atoms with Gasteiger partial charge in [-0.05, 0) is 24.6 Å². The number of hydrogen-bond donors (Lipinski definition) is 3. The molecule has 0 aliphatic carbocycles. The second-order valence-electron chi connectivity index (χ2n) is 5.14. The molecular formula is C15H16N6O3. The standard InChI is InChI=1S/C15H16N6O3/c1-3-21-11-12(20(2)15(24)18-13(11)23)17-14(21)19-16-8-9-5-4-6-10(22)7-9/h4-8,22H,3H2,1-2H3,(H,17,19)(H,18,23,24)/b16-8+. The smallest absolute Gasteiger partial charge is 0.329 e. The molecule has 0 aliphatic rings. The van der Waals surface area contributed by atoms with Crippen LogP contribution in [0, 0.1) is 0 Å². The third-order valence-corrected chi connectivity index (χ3v) is 3.57. The summed E-state index contributed by atoms with van der Waals surface area (Å²) in [6, 6.07) is 6.60. The van der Waals surface area contributed by atoms with Crippen molar-refractivity contribution in [3.63, 3.8) is 0 Å². The normalized spacial score (nSPS) is 11.4. The molecule has 2 heterocycles. The molecule has 2 aromatic heterocycles. The van der Waals surface area contributed by atoms with E-state index in [1.807, 2.05) is 6.92 Å². The van der Waals surface area contributed by atoms with Crippen molar-refractivity contribution < 1.29 is 5.11 Å². The molecule has 0 aliphatic heterocycles. The fourth-order valence-corrected chi connectivity index (χ4v) is 2.40. The van der Waals surface area contributed by atoms with E-state index in [1.54, 1.807) is 28.8 Å². The molecule has 0 bridgehead atoms. The summed E-state index contributed by atoms with van der Waals surface area (Å²) < 4.78 is 2.90. The maximum Gasteiger partial charge on any atom is 0.329 e. The highest BCUT2D eigenvalue weighted by atomic mass is 16.3. The van der Waals surface area contributed by atoms with Crippen molar-refractivity contribution in [1.29, 1.82) is 0 Å². The summed E-state index contributed by atoms with van der Waals surface area (Å²) in [7, 11) is 1.54. The molecule has 0 saturated carbocycles. The number of benzene rings is 1. The van der Waals surface area contributed by atoms with E-state index in [2.05, 4.69) is 20.5 Å². The molecule has 0 fully saturated rings. The highest BCUT2D eigenvalue weighted by molar-refractivity contribution is 5.81. The van der Waals surface area contributed by atoms with Crippen LogP contribution in [0.25, 0.3) is 11.2 Å². The summed E-state index contributed by atoms with van der Waals surface area (Å²) in [5.74, 6) is 0.483. The van der Waals surface area contributed by atoms with E-state index in [0.29, 0.717) is 23.6 Å². The van der Waals surface area contributed by atoms with Gasteiger partial charge in [0.05, 0.1) is 6.21 Å². The number of anilines is 1. The summed E-state index contributed by atoms with van der Waals surface area (Å²) in [5, 5.41) is 13.5. The molecular weight excluding hydrogens is 312 g/mol. The van der Waals surface area contributed by atoms with Crippen LogP contribution in [0.1, 0.15) is 12.5 Å². The third kappa shape index (κ3) is 2.67. The summed E-state index contributed by atoms with van der Waals surface area (Å²) >= 11 is 0. The Morgan fingerprint density at radius 2 is 2.21 bits per heavy atom. The lowest BCUT2D eigenvalue weighted by Gasteiger charge is -2.04. The van der Waals surface area contributed by atoms with Crippen LogP contribution < -0.4 is 16.7 Å². The van der Waals surface area contributed by atoms with Crippen LogP contribution in [0.2, 0.25) is 0 Å². The highest BCUT2D eigenvalue weighted by Gasteiger charge is 2.15. The number of rotatable bonds is 4. The van der Waals surface area contributed by atoms with Crippen molar-refractivity contribution in [2.45, 2.75) is 13.5 Å². The zero-order valence-corrected chi connectivity index (χ0v) is 13.1. The molecule has 0 radical (unpaired) electrons. The predicted molar refractivity (Wildman–Crippen MR) is 90.6 cm³/mol. The lowest BCUT2D eigenvalue weighted by atomic mass is 10.2. The fraction of sp³-hybridized carbons (Fsp3) is 0.200. The van der Waals surface area contributed by atoms with Gasteiger partial charge in [0.25, 0.3) is 5.56 Å². The number of imidazole rings is 1. The van der Waals surface area contributed by atoms with Gasteiger partial charge in [0.1, 0.15) is 5.75 Å². The Balaban J connectivity index is 2.01. The van der Waals surface area contributed by atoms with E-state index in [-0.39, 0.29) is 11.4 Å². The molecule has 3 N–H and O–H groups in total. The summed E-state index contributed by atoms with van der Waals surface area (Å²) in [6.07, 6.45) is 1.52. The quantitative estimate of drug-likeness (QED) is 0.479. The number of aryl methyl sites for hydroxylation is 2. The van der Waals surface area contributed by atoms with Gasteiger partial charge in [0, 0.05) is 13.6 Å². The number of aromatic nitrogens is 4. The van der Waals surface area contributed by atoms with Crippen LogP contribution in [-0.2, 0) is 13.6 Å². The number of H-pyrrole nitrogens is 1. The first-order chi connectivity index (χ1) is 11.5. The minimum Gasteiger partial charge on any atom is -0.508 e. The Morgan fingerprint density at radius 1 is 1.42 bits per heavy atom. The maximum absolute atomic E-state index is 12.1. The molecule has 3 aromatic rings. The van der Waals surface area contributed by atoms with Gasteiger partial charge in [-0.3, -0.25) is 14.3 Å². The van der Waals surface area contributed by atoms with E-state index < -0.39 is 11.2 Å². The molecule has 0 spiro atoms. The zero-order chi connectivity index (χ0) is 17.3. The molecule has 0 saturated heterocycles. The van der Waals surface area contributed by atoms with Gasteiger partial charge < -0.3 is 9.67 Å². The largest absolute Gasteiger partial charge is 0.508 e.